The maximum atomic E-state index is 12.8. The van der Waals surface area contributed by atoms with Gasteiger partial charge in [-0.15, -0.1) is 4.72 Å². The largest absolute Gasteiger partial charge is 0.593 e. The predicted octanol–water partition coefficient (Wildman–Crippen LogP) is 5.15. The van der Waals surface area contributed by atoms with Gasteiger partial charge in [-0.25, -0.2) is 0 Å². The molecule has 0 aliphatic heterocycles. The summed E-state index contributed by atoms with van der Waals surface area (Å²) in [5.74, 6) is -0.358. The van der Waals surface area contributed by atoms with Crippen molar-refractivity contribution in [1.29, 1.82) is 0 Å². The molecule has 3 rings (SSSR count). The second-order valence-electron chi connectivity index (χ2n) is 6.82. The first-order valence-corrected chi connectivity index (χ1v) is 10.8. The van der Waals surface area contributed by atoms with Crippen LogP contribution in [-0.2, 0) is 16.2 Å². The molecule has 7 heteroatoms. The number of rotatable bonds is 8. The summed E-state index contributed by atoms with van der Waals surface area (Å²) in [7, 11) is 1.57. The molecule has 0 aromatic heterocycles. The summed E-state index contributed by atoms with van der Waals surface area (Å²) < 4.78 is 21.2. The number of halogens is 1. The number of methoxy groups -OCH3 is 1. The van der Waals surface area contributed by atoms with Crippen molar-refractivity contribution in [3.63, 3.8) is 0 Å². The lowest BCUT2D eigenvalue weighted by Crippen LogP contribution is -2.30. The van der Waals surface area contributed by atoms with Gasteiger partial charge in [0.1, 0.15) is 5.75 Å². The Morgan fingerprint density at radius 3 is 2.53 bits per heavy atom. The number of carboxylic acid groups (broad SMARTS) is 1. The molecule has 2 N–H and O–H groups in total. The fraction of sp³-hybridized carbons (Fsp3) is 0.174. The lowest BCUT2D eigenvalue weighted by atomic mass is 9.97. The predicted molar refractivity (Wildman–Crippen MR) is 119 cm³/mol. The van der Waals surface area contributed by atoms with E-state index in [9.17, 15) is 14.5 Å². The Morgan fingerprint density at radius 1 is 1.17 bits per heavy atom. The topological polar surface area (TPSA) is 81.6 Å². The van der Waals surface area contributed by atoms with Gasteiger partial charge >= 0.3 is 5.97 Å². The molecule has 3 aromatic carbocycles. The Bertz CT molecular complexity index is 1030. The Hall–Kier alpha value is -2.51. The summed E-state index contributed by atoms with van der Waals surface area (Å²) >= 11 is 4.57. The number of carboxylic acids is 1. The molecule has 5 nitrogen and oxygen atoms in total. The molecular formula is C23H22ClNO4S. The van der Waals surface area contributed by atoms with Crippen LogP contribution in [0.4, 0.5) is 0 Å². The van der Waals surface area contributed by atoms with Crippen LogP contribution in [0.1, 0.15) is 23.6 Å². The summed E-state index contributed by atoms with van der Waals surface area (Å²) in [6.07, 6.45) is -0.223. The molecule has 0 radical (unpaired) electrons. The number of benzene rings is 3. The van der Waals surface area contributed by atoms with E-state index in [2.05, 4.69) is 4.72 Å². The minimum Gasteiger partial charge on any atom is -0.593 e. The van der Waals surface area contributed by atoms with Gasteiger partial charge in [-0.05, 0) is 54.4 Å². The van der Waals surface area contributed by atoms with Crippen molar-refractivity contribution >= 4 is 28.9 Å². The minimum atomic E-state index is -1.57. The van der Waals surface area contributed by atoms with Crippen molar-refractivity contribution in [3.05, 3.63) is 82.9 Å². The van der Waals surface area contributed by atoms with Gasteiger partial charge in [0.25, 0.3) is 0 Å². The summed E-state index contributed by atoms with van der Waals surface area (Å²) in [5, 5.41) is 9.99. The molecule has 0 fully saturated rings. The van der Waals surface area contributed by atoms with Gasteiger partial charge < -0.3 is 14.4 Å². The average Bonchev–Trinajstić information content (AvgIpc) is 2.73. The zero-order valence-corrected chi connectivity index (χ0v) is 18.2. The third-order valence-corrected chi connectivity index (χ3v) is 6.06. The zero-order chi connectivity index (χ0) is 21.7. The van der Waals surface area contributed by atoms with Crippen LogP contribution in [0.2, 0.25) is 5.02 Å². The van der Waals surface area contributed by atoms with Crippen LogP contribution >= 0.6 is 11.6 Å². The number of nitrogens with one attached hydrogen (secondary N) is 1. The Labute approximate surface area is 184 Å². The average molecular weight is 444 g/mol. The van der Waals surface area contributed by atoms with Crippen LogP contribution in [0.25, 0.3) is 11.1 Å². The van der Waals surface area contributed by atoms with Crippen molar-refractivity contribution in [2.75, 3.05) is 7.11 Å². The molecule has 2 unspecified atom stereocenters. The molecule has 0 aliphatic carbocycles. The molecule has 3 aromatic rings. The van der Waals surface area contributed by atoms with E-state index in [1.54, 1.807) is 37.4 Å². The maximum absolute atomic E-state index is 12.8. The van der Waals surface area contributed by atoms with Gasteiger partial charge in [-0.2, -0.15) is 0 Å². The highest BCUT2D eigenvalue weighted by atomic mass is 35.5. The minimum absolute atomic E-state index is 0.223. The standard InChI is InChI=1S/C23H22ClNO4S/c1-15-6-9-19(10-7-15)30(28)25-21(14-23(26)27)17-8-11-22(29-2)20(13-17)16-4-3-5-18(24)12-16/h3-13,21,25H,14H2,1-2H3,(H,26,27). The molecule has 0 heterocycles. The summed E-state index contributed by atoms with van der Waals surface area (Å²) in [4.78, 5) is 12.1. The van der Waals surface area contributed by atoms with Crippen molar-refractivity contribution in [1.82, 2.24) is 4.72 Å². The van der Waals surface area contributed by atoms with Gasteiger partial charge in [0.2, 0.25) is 0 Å². The second-order valence-corrected chi connectivity index (χ2v) is 8.50. The Morgan fingerprint density at radius 2 is 1.90 bits per heavy atom. The van der Waals surface area contributed by atoms with Crippen LogP contribution in [0.3, 0.4) is 0 Å². The fourth-order valence-corrected chi connectivity index (χ4v) is 4.27. The summed E-state index contributed by atoms with van der Waals surface area (Å²) in [6.45, 7) is 1.95. The molecule has 0 saturated heterocycles. The first kappa shape index (κ1) is 22.2. The van der Waals surface area contributed by atoms with Crippen molar-refractivity contribution < 1.29 is 19.2 Å². The quantitative estimate of drug-likeness (QED) is 0.470. The number of hydrogen-bond donors (Lipinski definition) is 2. The SMILES string of the molecule is COc1ccc(C(CC(=O)O)N[S+]([O-])c2ccc(C)cc2)cc1-c1cccc(Cl)c1. The monoisotopic (exact) mass is 443 g/mol. The lowest BCUT2D eigenvalue weighted by Gasteiger charge is -2.20. The van der Waals surface area contributed by atoms with Crippen molar-refractivity contribution in [3.8, 4) is 16.9 Å². The molecule has 30 heavy (non-hydrogen) atoms. The molecule has 0 saturated carbocycles. The first-order valence-electron chi connectivity index (χ1n) is 9.27. The molecule has 0 aliphatic rings. The van der Waals surface area contributed by atoms with Crippen LogP contribution in [0.15, 0.2) is 71.6 Å². The van der Waals surface area contributed by atoms with E-state index in [1.165, 1.54) is 0 Å². The highest BCUT2D eigenvalue weighted by Gasteiger charge is 2.24. The number of ether oxygens (including phenoxy) is 1. The van der Waals surface area contributed by atoms with E-state index in [0.29, 0.717) is 21.2 Å². The van der Waals surface area contributed by atoms with E-state index >= 15 is 0 Å². The van der Waals surface area contributed by atoms with Crippen molar-refractivity contribution in [2.45, 2.75) is 24.3 Å². The van der Waals surface area contributed by atoms with Crippen LogP contribution in [0, 0.1) is 6.92 Å². The Balaban J connectivity index is 1.96. The second kappa shape index (κ2) is 10.00. The van der Waals surface area contributed by atoms with E-state index in [1.807, 2.05) is 43.3 Å². The maximum Gasteiger partial charge on any atom is 0.305 e. The van der Waals surface area contributed by atoms with Crippen LogP contribution in [0.5, 0.6) is 5.75 Å². The van der Waals surface area contributed by atoms with Crippen LogP contribution < -0.4 is 9.46 Å². The molecule has 0 bridgehead atoms. The third kappa shape index (κ3) is 5.55. The smallest absolute Gasteiger partial charge is 0.305 e. The molecular weight excluding hydrogens is 422 g/mol. The van der Waals surface area contributed by atoms with Gasteiger partial charge in [0.05, 0.1) is 30.9 Å². The molecule has 2 atom stereocenters. The zero-order valence-electron chi connectivity index (χ0n) is 16.6. The number of carbonyl (C=O) groups is 1. The first-order chi connectivity index (χ1) is 14.4. The van der Waals surface area contributed by atoms with Gasteiger partial charge in [0, 0.05) is 10.6 Å². The lowest BCUT2D eigenvalue weighted by molar-refractivity contribution is -0.137. The summed E-state index contributed by atoms with van der Waals surface area (Å²) in [5.41, 5.74) is 3.36. The van der Waals surface area contributed by atoms with Crippen molar-refractivity contribution in [2.24, 2.45) is 0 Å². The van der Waals surface area contributed by atoms with E-state index < -0.39 is 23.4 Å². The van der Waals surface area contributed by atoms with Crippen LogP contribution in [-0.4, -0.2) is 22.7 Å². The Kier molecular flexibility index (Phi) is 7.39. The highest BCUT2D eigenvalue weighted by Crippen LogP contribution is 2.34. The third-order valence-electron chi connectivity index (χ3n) is 4.62. The van der Waals surface area contributed by atoms with E-state index in [0.717, 1.165) is 16.7 Å². The van der Waals surface area contributed by atoms with Gasteiger partial charge in [-0.3, -0.25) is 4.79 Å². The molecule has 0 amide bonds. The van der Waals surface area contributed by atoms with E-state index in [4.69, 9.17) is 16.3 Å². The number of aryl methyl sites for hydroxylation is 1. The number of aliphatic carboxylic acids is 1. The van der Waals surface area contributed by atoms with E-state index in [-0.39, 0.29) is 6.42 Å². The number of hydrogen-bond acceptors (Lipinski definition) is 4. The fourth-order valence-electron chi connectivity index (χ4n) is 3.09. The molecule has 156 valence electrons. The summed E-state index contributed by atoms with van der Waals surface area (Å²) in [6, 6.07) is 19.3. The van der Waals surface area contributed by atoms with Gasteiger partial charge in [0.15, 0.2) is 4.90 Å². The normalized spacial score (nSPS) is 12.9. The molecule has 0 spiro atoms. The highest BCUT2D eigenvalue weighted by molar-refractivity contribution is 7.89. The van der Waals surface area contributed by atoms with Gasteiger partial charge in [-0.1, -0.05) is 47.5 Å².